The van der Waals surface area contributed by atoms with E-state index in [-0.39, 0.29) is 13.1 Å². The molecule has 1 unspecified atom stereocenters. The van der Waals surface area contributed by atoms with Crippen molar-refractivity contribution in [1.82, 2.24) is 13.9 Å². The zero-order valence-electron chi connectivity index (χ0n) is 10.4. The second-order valence-electron chi connectivity index (χ2n) is 4.08. The summed E-state index contributed by atoms with van der Waals surface area (Å²) in [5.74, 6) is -0.225. The van der Waals surface area contributed by atoms with Crippen molar-refractivity contribution in [2.45, 2.75) is 25.6 Å². The molecule has 7 nitrogen and oxygen atoms in total. The Labute approximate surface area is 113 Å². The first-order valence-corrected chi connectivity index (χ1v) is 6.38. The van der Waals surface area contributed by atoms with Gasteiger partial charge in [0.25, 0.3) is 0 Å². The molecule has 0 spiro atoms. The van der Waals surface area contributed by atoms with E-state index in [1.54, 1.807) is 12.2 Å². The Hall–Kier alpha value is -1.76. The van der Waals surface area contributed by atoms with Gasteiger partial charge in [0.15, 0.2) is 6.04 Å². The number of alkyl halides is 1. The molecule has 8 heteroatoms. The number of halogens is 1. The van der Waals surface area contributed by atoms with Crippen LogP contribution in [0.4, 0.5) is 0 Å². The molecule has 1 aromatic rings. The number of hydrogen-bond acceptors (Lipinski definition) is 4. The van der Waals surface area contributed by atoms with E-state index in [1.165, 1.54) is 11.8 Å². The number of allylic oxidation sites excluding steroid dienone is 1. The maximum absolute atomic E-state index is 12.2. The Kier molecular flexibility index (Phi) is 3.94. The zero-order valence-corrected chi connectivity index (χ0v) is 11.2. The van der Waals surface area contributed by atoms with E-state index in [4.69, 9.17) is 11.6 Å². The number of carbonyl (C=O) groups excluding carboxylic acids is 1. The summed E-state index contributed by atoms with van der Waals surface area (Å²) in [7, 11) is 1.24. The lowest BCUT2D eigenvalue weighted by Gasteiger charge is -2.18. The number of aromatic nitrogens is 3. The number of rotatable bonds is 4. The third-order valence-corrected chi connectivity index (χ3v) is 3.22. The molecule has 19 heavy (non-hydrogen) atoms. The second-order valence-corrected chi connectivity index (χ2v) is 4.46. The Bertz CT molecular complexity index is 625. The minimum atomic E-state index is -0.892. The number of methoxy groups -OCH3 is 1. The Morgan fingerprint density at radius 3 is 2.84 bits per heavy atom. The van der Waals surface area contributed by atoms with Crippen LogP contribution in [0, 0.1) is 0 Å². The molecule has 1 aliphatic heterocycles. The first kappa shape index (κ1) is 13.7. The third-order valence-electron chi connectivity index (χ3n) is 2.96. The van der Waals surface area contributed by atoms with Crippen molar-refractivity contribution in [2.24, 2.45) is 0 Å². The fourth-order valence-electron chi connectivity index (χ4n) is 2.05. The highest BCUT2D eigenvalue weighted by molar-refractivity contribution is 6.17. The summed E-state index contributed by atoms with van der Waals surface area (Å²) in [6.45, 7) is 0.498. The van der Waals surface area contributed by atoms with Crippen LogP contribution >= 0.6 is 11.6 Å². The zero-order chi connectivity index (χ0) is 14.0. The molecule has 1 aliphatic rings. The molecular weight excluding hydrogens is 274 g/mol. The molecule has 104 valence electrons. The summed E-state index contributed by atoms with van der Waals surface area (Å²) in [6.07, 6.45) is 3.73. The molecule has 0 aromatic carbocycles. The fraction of sp³-hybridized carbons (Fsp3) is 0.545. The summed E-state index contributed by atoms with van der Waals surface area (Å²) < 4.78 is 8.09. The van der Waals surface area contributed by atoms with Gasteiger partial charge in [-0.3, -0.25) is 0 Å². The van der Waals surface area contributed by atoms with E-state index in [0.717, 1.165) is 9.25 Å². The van der Waals surface area contributed by atoms with Crippen molar-refractivity contribution in [3.8, 4) is 0 Å². The second kappa shape index (κ2) is 5.48. The van der Waals surface area contributed by atoms with Gasteiger partial charge in [-0.05, 0) is 6.42 Å². The molecule has 0 fully saturated rings. The highest BCUT2D eigenvalue weighted by Crippen LogP contribution is 2.11. The largest absolute Gasteiger partial charge is 0.467 e. The van der Waals surface area contributed by atoms with Crippen LogP contribution in [-0.2, 0) is 22.6 Å². The Morgan fingerprint density at radius 2 is 2.21 bits per heavy atom. The van der Waals surface area contributed by atoms with Gasteiger partial charge in [-0.1, -0.05) is 12.2 Å². The summed E-state index contributed by atoms with van der Waals surface area (Å²) in [6, 6.07) is -0.892. The van der Waals surface area contributed by atoms with Crippen molar-refractivity contribution in [1.29, 1.82) is 0 Å². The van der Waals surface area contributed by atoms with Crippen LogP contribution in [-0.4, -0.2) is 32.9 Å². The average molecular weight is 288 g/mol. The number of carbonyl (C=O) groups is 1. The molecule has 1 aromatic heterocycles. The SMILES string of the molecule is COC(=O)C1C=CCn2c(=O)n(CCCCl)c(=O)n21. The summed E-state index contributed by atoms with van der Waals surface area (Å²) >= 11 is 5.57. The lowest BCUT2D eigenvalue weighted by molar-refractivity contribution is -0.143. The smallest absolute Gasteiger partial charge is 0.348 e. The van der Waals surface area contributed by atoms with Gasteiger partial charge in [0.05, 0.1) is 13.7 Å². The van der Waals surface area contributed by atoms with Gasteiger partial charge >= 0.3 is 17.3 Å². The first-order valence-electron chi connectivity index (χ1n) is 5.84. The molecule has 0 amide bonds. The predicted octanol–water partition coefficient (Wildman–Crippen LogP) is -0.276. The molecule has 1 atom stereocenters. The van der Waals surface area contributed by atoms with Crippen molar-refractivity contribution in [3.63, 3.8) is 0 Å². The molecule has 2 heterocycles. The van der Waals surface area contributed by atoms with Crippen LogP contribution in [0.1, 0.15) is 12.5 Å². The van der Waals surface area contributed by atoms with E-state index in [0.29, 0.717) is 12.3 Å². The number of hydrogen-bond donors (Lipinski definition) is 0. The van der Waals surface area contributed by atoms with Crippen LogP contribution < -0.4 is 11.4 Å². The molecule has 0 saturated carbocycles. The van der Waals surface area contributed by atoms with E-state index in [9.17, 15) is 14.4 Å². The first-order chi connectivity index (χ1) is 9.11. The van der Waals surface area contributed by atoms with Crippen LogP contribution in [0.3, 0.4) is 0 Å². The third kappa shape index (κ3) is 2.25. The van der Waals surface area contributed by atoms with Gasteiger partial charge in [-0.15, -0.1) is 11.6 Å². The maximum Gasteiger partial charge on any atom is 0.348 e. The van der Waals surface area contributed by atoms with Gasteiger partial charge < -0.3 is 4.74 Å². The molecule has 0 saturated heterocycles. The maximum atomic E-state index is 12.2. The topological polar surface area (TPSA) is 75.2 Å². The average Bonchev–Trinajstić information content (AvgIpc) is 2.68. The number of esters is 1. The predicted molar refractivity (Wildman–Crippen MR) is 68.5 cm³/mol. The van der Waals surface area contributed by atoms with Crippen LogP contribution in [0.15, 0.2) is 21.7 Å². The quantitative estimate of drug-likeness (QED) is 0.434. The standard InChI is InChI=1S/C11H14ClN3O4/c1-19-9(16)8-4-2-7-14-10(17)13(6-3-5-12)11(18)15(8)14/h2,4,8H,3,5-7H2,1H3. The van der Waals surface area contributed by atoms with Crippen LogP contribution in [0.25, 0.3) is 0 Å². The van der Waals surface area contributed by atoms with Gasteiger partial charge in [-0.2, -0.15) is 0 Å². The molecule has 0 N–H and O–H groups in total. The van der Waals surface area contributed by atoms with E-state index >= 15 is 0 Å². The summed E-state index contributed by atoms with van der Waals surface area (Å²) in [4.78, 5) is 35.9. The van der Waals surface area contributed by atoms with Gasteiger partial charge in [0.1, 0.15) is 0 Å². The van der Waals surface area contributed by atoms with Gasteiger partial charge in [0.2, 0.25) is 0 Å². The van der Waals surface area contributed by atoms with E-state index < -0.39 is 23.4 Å². The molecule has 0 aliphatic carbocycles. The lowest BCUT2D eigenvalue weighted by Crippen LogP contribution is -2.36. The van der Waals surface area contributed by atoms with E-state index in [1.807, 2.05) is 0 Å². The highest BCUT2D eigenvalue weighted by atomic mass is 35.5. The number of nitrogens with zero attached hydrogens (tertiary/aromatic N) is 3. The highest BCUT2D eigenvalue weighted by Gasteiger charge is 2.28. The van der Waals surface area contributed by atoms with Crippen molar-refractivity contribution in [2.75, 3.05) is 13.0 Å². The normalized spacial score (nSPS) is 17.3. The van der Waals surface area contributed by atoms with E-state index in [2.05, 4.69) is 4.74 Å². The van der Waals surface area contributed by atoms with Crippen molar-refractivity contribution < 1.29 is 9.53 Å². The summed E-state index contributed by atoms with van der Waals surface area (Å²) in [5, 5.41) is 0. The van der Waals surface area contributed by atoms with Gasteiger partial charge in [0, 0.05) is 12.4 Å². The molecule has 2 rings (SSSR count). The molecule has 0 bridgehead atoms. The van der Waals surface area contributed by atoms with Crippen LogP contribution in [0.2, 0.25) is 0 Å². The fourth-order valence-corrected chi connectivity index (χ4v) is 2.17. The minimum Gasteiger partial charge on any atom is -0.467 e. The number of ether oxygens (including phenoxy) is 1. The van der Waals surface area contributed by atoms with Crippen molar-refractivity contribution in [3.05, 3.63) is 33.1 Å². The minimum absolute atomic E-state index is 0.238. The lowest BCUT2D eigenvalue weighted by atomic mass is 10.2. The number of fused-ring (bicyclic) bond motifs is 1. The Balaban J connectivity index is 2.52. The van der Waals surface area contributed by atoms with Gasteiger partial charge in [-0.25, -0.2) is 28.3 Å². The van der Waals surface area contributed by atoms with Crippen molar-refractivity contribution >= 4 is 17.6 Å². The monoisotopic (exact) mass is 287 g/mol. The molecule has 0 radical (unpaired) electrons. The Morgan fingerprint density at radius 1 is 1.47 bits per heavy atom. The van der Waals surface area contributed by atoms with Crippen LogP contribution in [0.5, 0.6) is 0 Å². The molecular formula is C11H14ClN3O4. The summed E-state index contributed by atoms with van der Waals surface area (Å²) in [5.41, 5.74) is -0.955.